The van der Waals surface area contributed by atoms with E-state index in [4.69, 9.17) is 32.9 Å². The van der Waals surface area contributed by atoms with E-state index in [2.05, 4.69) is 25.9 Å². The Kier molecular flexibility index (Phi) is 14.2. The number of alkyl halides is 2. The summed E-state index contributed by atoms with van der Waals surface area (Å²) in [7, 11) is 6.15. The Balaban J connectivity index is 0.000000396. The predicted molar refractivity (Wildman–Crippen MR) is 218 cm³/mol. The van der Waals surface area contributed by atoms with Gasteiger partial charge in [-0.05, 0) is 69.8 Å². The SMILES string of the molecule is CC.CNCCC1CCCC(=O)N1.COc1nc(-c2cccc(-c3cccc(Nc4nc(C(F)F)nc5c4c(=O)n(C)c(=O)n5C)c3Cl)c2Cl)cc2c1CCC2. The minimum atomic E-state index is -3.06. The number of rotatable bonds is 9. The van der Waals surface area contributed by atoms with E-state index in [1.165, 1.54) is 19.7 Å². The first-order valence-electron chi connectivity index (χ1n) is 18.5. The summed E-state index contributed by atoms with van der Waals surface area (Å²) < 4.78 is 34.9. The fourth-order valence-corrected chi connectivity index (χ4v) is 7.43. The summed E-state index contributed by atoms with van der Waals surface area (Å²) >= 11 is 13.9. The van der Waals surface area contributed by atoms with Gasteiger partial charge in [-0.25, -0.2) is 28.5 Å². The lowest BCUT2D eigenvalue weighted by Gasteiger charge is -2.22. The molecule has 2 aliphatic rings. The number of carbonyl (C=O) groups excluding carboxylic acids is 1. The maximum Gasteiger partial charge on any atom is 0.332 e. The van der Waals surface area contributed by atoms with Gasteiger partial charge in [-0.3, -0.25) is 18.7 Å². The van der Waals surface area contributed by atoms with Crippen LogP contribution in [0.25, 0.3) is 33.4 Å². The second-order valence-electron chi connectivity index (χ2n) is 13.2. The Labute approximate surface area is 333 Å². The molecule has 7 rings (SSSR count). The van der Waals surface area contributed by atoms with Crippen molar-refractivity contribution in [3.63, 3.8) is 0 Å². The smallest absolute Gasteiger partial charge is 0.332 e. The molecule has 298 valence electrons. The topological polar surface area (TPSA) is 145 Å². The van der Waals surface area contributed by atoms with Crippen molar-refractivity contribution in [2.24, 2.45) is 14.1 Å². The van der Waals surface area contributed by atoms with E-state index in [1.807, 2.05) is 45.2 Å². The average molecular weight is 812 g/mol. The molecule has 5 aromatic rings. The Morgan fingerprint density at radius 1 is 0.929 bits per heavy atom. The molecule has 56 heavy (non-hydrogen) atoms. The number of aryl methyl sites for hydroxylation is 2. The van der Waals surface area contributed by atoms with Gasteiger partial charge in [0.25, 0.3) is 12.0 Å². The fraction of sp³-hybridized carbons (Fsp3) is 0.400. The molecule has 1 saturated heterocycles. The normalized spacial score (nSPS) is 14.7. The Morgan fingerprint density at radius 3 is 2.30 bits per heavy atom. The Hall–Kier alpha value is -4.92. The average Bonchev–Trinajstić information content (AvgIpc) is 3.69. The molecule has 3 N–H and O–H groups in total. The van der Waals surface area contributed by atoms with E-state index in [0.717, 1.165) is 66.2 Å². The minimum absolute atomic E-state index is 0.146. The number of aromatic nitrogens is 5. The third-order valence-electron chi connectivity index (χ3n) is 9.64. The van der Waals surface area contributed by atoms with Gasteiger partial charge in [-0.15, -0.1) is 0 Å². The van der Waals surface area contributed by atoms with Crippen LogP contribution in [-0.2, 0) is 31.7 Å². The number of nitrogens with one attached hydrogen (secondary N) is 3. The highest BCUT2D eigenvalue weighted by molar-refractivity contribution is 6.39. The van der Waals surface area contributed by atoms with Crippen molar-refractivity contribution < 1.29 is 18.3 Å². The maximum absolute atomic E-state index is 13.8. The number of pyridine rings is 1. The van der Waals surface area contributed by atoms with E-state index in [1.54, 1.807) is 25.3 Å². The standard InChI is InChI=1S/C30H24Cl2F2N6O3.C8H16N2O.C2H6/c1-39-27-21(29(41)40(2)30(39)42)25(37-26(38-27)24(33)34)35-19-12-6-10-17(23(19)32)16-9-5-11-18(22(16)31)20-13-14-7-4-8-15(14)28(36-20)43-3;1-9-6-5-7-3-2-4-8(11)10-7;1-2/h5-6,9-13,24H,4,7-8H2,1-3H3,(H,35,37,38);7,9H,2-6H2,1H3,(H,10,11);1-2H3. The monoisotopic (exact) mass is 810 g/mol. The molecule has 1 unspecified atom stereocenters. The van der Waals surface area contributed by atoms with Gasteiger partial charge in [0, 0.05) is 48.8 Å². The highest BCUT2D eigenvalue weighted by Gasteiger charge is 2.24. The van der Waals surface area contributed by atoms with E-state index in [9.17, 15) is 23.2 Å². The van der Waals surface area contributed by atoms with E-state index < -0.39 is 23.5 Å². The first-order chi connectivity index (χ1) is 26.9. The van der Waals surface area contributed by atoms with Crippen molar-refractivity contribution in [2.45, 2.75) is 71.3 Å². The van der Waals surface area contributed by atoms with Gasteiger partial charge in [-0.1, -0.05) is 67.4 Å². The van der Waals surface area contributed by atoms with Crippen molar-refractivity contribution >= 4 is 51.6 Å². The summed E-state index contributed by atoms with van der Waals surface area (Å²) in [4.78, 5) is 48.9. The summed E-state index contributed by atoms with van der Waals surface area (Å²) in [6.45, 7) is 4.99. The third kappa shape index (κ3) is 8.87. The van der Waals surface area contributed by atoms with Crippen LogP contribution < -0.4 is 31.9 Å². The van der Waals surface area contributed by atoms with Crippen LogP contribution in [0.4, 0.5) is 20.3 Å². The van der Waals surface area contributed by atoms with Crippen LogP contribution in [0.2, 0.25) is 10.0 Å². The summed E-state index contributed by atoms with van der Waals surface area (Å²) in [5.74, 6) is -0.264. The lowest BCUT2D eigenvalue weighted by Crippen LogP contribution is -2.40. The second-order valence-corrected chi connectivity index (χ2v) is 13.9. The van der Waals surface area contributed by atoms with Crippen LogP contribution in [0.1, 0.15) is 69.3 Å². The van der Waals surface area contributed by atoms with Crippen LogP contribution in [0.15, 0.2) is 52.1 Å². The van der Waals surface area contributed by atoms with Crippen molar-refractivity contribution in [1.82, 2.24) is 34.7 Å². The zero-order chi connectivity index (χ0) is 40.7. The first-order valence-corrected chi connectivity index (χ1v) is 19.3. The number of anilines is 2. The van der Waals surface area contributed by atoms with Crippen molar-refractivity contribution in [3.8, 4) is 28.3 Å². The fourth-order valence-electron chi connectivity index (χ4n) is 6.83. The van der Waals surface area contributed by atoms with Gasteiger partial charge in [-0.2, -0.15) is 0 Å². The zero-order valence-corrected chi connectivity index (χ0v) is 33.7. The van der Waals surface area contributed by atoms with E-state index in [-0.39, 0.29) is 33.5 Å². The number of fused-ring (bicyclic) bond motifs is 2. The second kappa shape index (κ2) is 18.8. The molecule has 1 amide bonds. The number of hydrogen-bond donors (Lipinski definition) is 3. The molecule has 1 aliphatic carbocycles. The quantitative estimate of drug-likeness (QED) is 0.138. The highest BCUT2D eigenvalue weighted by atomic mass is 35.5. The molecular weight excluding hydrogens is 765 g/mol. The molecule has 16 heteroatoms. The van der Waals surface area contributed by atoms with Crippen LogP contribution in [-0.4, -0.2) is 56.7 Å². The molecule has 0 saturated carbocycles. The highest BCUT2D eigenvalue weighted by Crippen LogP contribution is 2.43. The van der Waals surface area contributed by atoms with Crippen LogP contribution in [0.3, 0.4) is 0 Å². The molecule has 1 fully saturated rings. The number of hydrogen-bond acceptors (Lipinski definition) is 9. The van der Waals surface area contributed by atoms with Crippen molar-refractivity contribution in [2.75, 3.05) is 26.0 Å². The van der Waals surface area contributed by atoms with Gasteiger partial charge in [0.1, 0.15) is 11.2 Å². The van der Waals surface area contributed by atoms with E-state index >= 15 is 0 Å². The molecule has 0 bridgehead atoms. The summed E-state index contributed by atoms with van der Waals surface area (Å²) in [5, 5.41) is 9.44. The number of piperidine rings is 1. The van der Waals surface area contributed by atoms with Crippen LogP contribution in [0.5, 0.6) is 5.88 Å². The van der Waals surface area contributed by atoms with Gasteiger partial charge >= 0.3 is 5.69 Å². The lowest BCUT2D eigenvalue weighted by molar-refractivity contribution is -0.123. The molecule has 0 spiro atoms. The van der Waals surface area contributed by atoms with Gasteiger partial charge in [0.2, 0.25) is 11.8 Å². The third-order valence-corrected chi connectivity index (χ3v) is 10.5. The first kappa shape index (κ1) is 42.2. The molecule has 1 atom stereocenters. The van der Waals surface area contributed by atoms with Crippen LogP contribution >= 0.6 is 23.2 Å². The number of carbonyl (C=O) groups is 1. The van der Waals surface area contributed by atoms with Crippen LogP contribution in [0, 0.1) is 0 Å². The zero-order valence-electron chi connectivity index (χ0n) is 32.2. The molecule has 1 aliphatic heterocycles. The van der Waals surface area contributed by atoms with E-state index in [0.29, 0.717) is 39.3 Å². The molecule has 2 aromatic carbocycles. The molecule has 3 aromatic heterocycles. The molecular formula is C40H46Cl2F2N8O4. The number of amides is 1. The number of halogens is 4. The number of methoxy groups -OCH3 is 1. The lowest BCUT2D eigenvalue weighted by atomic mass is 9.99. The summed E-state index contributed by atoms with van der Waals surface area (Å²) in [6, 6.07) is 13.0. The van der Waals surface area contributed by atoms with Crippen molar-refractivity contribution in [1.29, 1.82) is 0 Å². The molecule has 4 heterocycles. The summed E-state index contributed by atoms with van der Waals surface area (Å²) in [6.07, 6.45) is 3.80. The number of nitrogens with zero attached hydrogens (tertiary/aromatic N) is 5. The molecule has 0 radical (unpaired) electrons. The molecule has 12 nitrogen and oxygen atoms in total. The predicted octanol–water partition coefficient (Wildman–Crippen LogP) is 7.53. The largest absolute Gasteiger partial charge is 0.481 e. The number of benzene rings is 2. The van der Waals surface area contributed by atoms with Crippen molar-refractivity contribution in [3.05, 3.63) is 90.3 Å². The Morgan fingerprint density at radius 2 is 1.62 bits per heavy atom. The maximum atomic E-state index is 13.8. The van der Waals surface area contributed by atoms with Gasteiger partial charge < -0.3 is 20.7 Å². The summed E-state index contributed by atoms with van der Waals surface area (Å²) in [5.41, 5.74) is 3.37. The minimum Gasteiger partial charge on any atom is -0.481 e. The number of ether oxygens (including phenoxy) is 1. The van der Waals surface area contributed by atoms with Gasteiger partial charge in [0.15, 0.2) is 11.5 Å². The van der Waals surface area contributed by atoms with Gasteiger partial charge in [0.05, 0.1) is 28.5 Å². The Bertz CT molecular complexity index is 2350.